The first kappa shape index (κ1) is 16.0. The minimum atomic E-state index is -0.0516. The average Bonchev–Trinajstić information content (AvgIpc) is 2.79. The highest BCUT2D eigenvalue weighted by Crippen LogP contribution is 2.05. The van der Waals surface area contributed by atoms with Crippen LogP contribution in [-0.4, -0.2) is 71.1 Å². The average molecular weight is 293 g/mol. The van der Waals surface area contributed by atoms with Gasteiger partial charge in [0, 0.05) is 45.0 Å². The van der Waals surface area contributed by atoms with Crippen LogP contribution in [0, 0.1) is 13.8 Å². The van der Waals surface area contributed by atoms with Gasteiger partial charge in [-0.05, 0) is 27.8 Å². The fourth-order valence-electron chi connectivity index (χ4n) is 2.59. The first-order chi connectivity index (χ1) is 9.99. The van der Waals surface area contributed by atoms with Crippen LogP contribution in [-0.2, 0) is 11.3 Å². The smallest absolute Gasteiger partial charge is 0.237 e. The van der Waals surface area contributed by atoms with E-state index < -0.39 is 0 Å². The van der Waals surface area contributed by atoms with E-state index in [4.69, 9.17) is 0 Å². The van der Waals surface area contributed by atoms with Crippen LogP contribution in [0.4, 0.5) is 0 Å². The Morgan fingerprint density at radius 1 is 1.33 bits per heavy atom. The van der Waals surface area contributed by atoms with Crippen molar-refractivity contribution in [2.24, 2.45) is 0 Å². The first-order valence-electron chi connectivity index (χ1n) is 7.67. The summed E-state index contributed by atoms with van der Waals surface area (Å²) in [5.41, 5.74) is 2.21. The minimum absolute atomic E-state index is 0.0516. The molecule has 1 amide bonds. The van der Waals surface area contributed by atoms with Crippen molar-refractivity contribution in [2.75, 3.05) is 39.8 Å². The molecule has 6 heteroatoms. The predicted molar refractivity (Wildman–Crippen MR) is 83.2 cm³/mol. The molecule has 118 valence electrons. The van der Waals surface area contributed by atoms with Gasteiger partial charge in [-0.1, -0.05) is 0 Å². The lowest BCUT2D eigenvalue weighted by molar-refractivity contribution is -0.126. The maximum Gasteiger partial charge on any atom is 0.237 e. The SMILES string of the molecule is Cc1ncn(CCNC(=O)C(C)N2CCN(C)CC2)c1C. The van der Waals surface area contributed by atoms with Crippen molar-refractivity contribution in [2.45, 2.75) is 33.4 Å². The molecule has 1 atom stereocenters. The highest BCUT2D eigenvalue weighted by molar-refractivity contribution is 5.81. The Bertz CT molecular complexity index is 476. The first-order valence-corrected chi connectivity index (χ1v) is 7.67. The second-order valence-electron chi connectivity index (χ2n) is 5.92. The van der Waals surface area contributed by atoms with Gasteiger partial charge in [-0.2, -0.15) is 0 Å². The van der Waals surface area contributed by atoms with Crippen molar-refractivity contribution in [3.8, 4) is 0 Å². The third-order valence-corrected chi connectivity index (χ3v) is 4.46. The molecule has 1 fully saturated rings. The molecule has 1 aromatic rings. The molecule has 0 spiro atoms. The van der Waals surface area contributed by atoms with Gasteiger partial charge in [0.15, 0.2) is 0 Å². The Hall–Kier alpha value is -1.40. The van der Waals surface area contributed by atoms with Gasteiger partial charge in [-0.15, -0.1) is 0 Å². The quantitative estimate of drug-likeness (QED) is 0.846. The zero-order valence-electron chi connectivity index (χ0n) is 13.6. The predicted octanol–water partition coefficient (Wildman–Crippen LogP) is 0.252. The van der Waals surface area contributed by atoms with Gasteiger partial charge >= 0.3 is 0 Å². The zero-order chi connectivity index (χ0) is 15.4. The molecular formula is C15H27N5O. The molecular weight excluding hydrogens is 266 g/mol. The van der Waals surface area contributed by atoms with E-state index in [1.54, 1.807) is 0 Å². The standard InChI is InChI=1S/C15H27N5O/c1-12-13(2)20(11-17-12)6-5-16-15(21)14(3)19-9-7-18(4)8-10-19/h11,14H,5-10H2,1-4H3,(H,16,21). The lowest BCUT2D eigenvalue weighted by Gasteiger charge is -2.35. The van der Waals surface area contributed by atoms with Crippen LogP contribution in [0.3, 0.4) is 0 Å². The lowest BCUT2D eigenvalue weighted by atomic mass is 10.2. The van der Waals surface area contributed by atoms with E-state index in [2.05, 4.69) is 38.6 Å². The molecule has 0 aliphatic carbocycles. The number of carbonyl (C=O) groups is 1. The van der Waals surface area contributed by atoms with Gasteiger partial charge in [0.05, 0.1) is 18.1 Å². The van der Waals surface area contributed by atoms with Crippen LogP contribution in [0.15, 0.2) is 6.33 Å². The normalized spacial score (nSPS) is 18.7. The summed E-state index contributed by atoms with van der Waals surface area (Å²) in [5, 5.41) is 3.03. The molecule has 1 N–H and O–H groups in total. The number of likely N-dealkylation sites (N-methyl/N-ethyl adjacent to an activating group) is 1. The van der Waals surface area contributed by atoms with E-state index in [1.165, 1.54) is 0 Å². The lowest BCUT2D eigenvalue weighted by Crippen LogP contribution is -2.53. The molecule has 0 aromatic carbocycles. The number of imidazole rings is 1. The molecule has 0 radical (unpaired) electrons. The fraction of sp³-hybridized carbons (Fsp3) is 0.733. The number of amides is 1. The minimum Gasteiger partial charge on any atom is -0.353 e. The largest absolute Gasteiger partial charge is 0.353 e. The molecule has 2 heterocycles. The number of piperazine rings is 1. The van der Waals surface area contributed by atoms with Crippen molar-refractivity contribution >= 4 is 5.91 Å². The summed E-state index contributed by atoms with van der Waals surface area (Å²) >= 11 is 0. The summed E-state index contributed by atoms with van der Waals surface area (Å²) in [6, 6.07) is -0.0516. The van der Waals surface area contributed by atoms with Gasteiger partial charge in [0.25, 0.3) is 0 Å². The van der Waals surface area contributed by atoms with Gasteiger partial charge in [0.1, 0.15) is 0 Å². The van der Waals surface area contributed by atoms with Crippen molar-refractivity contribution in [1.29, 1.82) is 0 Å². The molecule has 21 heavy (non-hydrogen) atoms. The highest BCUT2D eigenvalue weighted by atomic mass is 16.2. The van der Waals surface area contributed by atoms with E-state index in [-0.39, 0.29) is 11.9 Å². The molecule has 0 bridgehead atoms. The number of carbonyl (C=O) groups excluding carboxylic acids is 1. The number of aryl methyl sites for hydroxylation is 1. The van der Waals surface area contributed by atoms with Crippen LogP contribution in [0.25, 0.3) is 0 Å². The Kier molecular flexibility index (Phi) is 5.36. The molecule has 1 saturated heterocycles. The molecule has 2 rings (SSSR count). The molecule has 1 aliphatic heterocycles. The summed E-state index contributed by atoms with van der Waals surface area (Å²) in [7, 11) is 2.12. The van der Waals surface area contributed by atoms with Gasteiger partial charge < -0.3 is 14.8 Å². The second-order valence-corrected chi connectivity index (χ2v) is 5.92. The van der Waals surface area contributed by atoms with Gasteiger partial charge in [-0.3, -0.25) is 9.69 Å². The zero-order valence-corrected chi connectivity index (χ0v) is 13.6. The van der Waals surface area contributed by atoms with Gasteiger partial charge in [-0.25, -0.2) is 4.98 Å². The van der Waals surface area contributed by atoms with E-state index in [0.29, 0.717) is 6.54 Å². The van der Waals surface area contributed by atoms with Gasteiger partial charge in [0.2, 0.25) is 5.91 Å². The number of aromatic nitrogens is 2. The molecule has 1 aliphatic rings. The summed E-state index contributed by atoms with van der Waals surface area (Å²) < 4.78 is 2.08. The van der Waals surface area contributed by atoms with E-state index >= 15 is 0 Å². The summed E-state index contributed by atoms with van der Waals surface area (Å²) in [5.74, 6) is 0.119. The van der Waals surface area contributed by atoms with Crippen LogP contribution in [0.5, 0.6) is 0 Å². The molecule has 1 aromatic heterocycles. The number of hydrogen-bond acceptors (Lipinski definition) is 4. The Balaban J connectivity index is 1.75. The molecule has 6 nitrogen and oxygen atoms in total. The number of hydrogen-bond donors (Lipinski definition) is 1. The maximum atomic E-state index is 12.2. The maximum absolute atomic E-state index is 12.2. The van der Waals surface area contributed by atoms with Crippen molar-refractivity contribution in [3.05, 3.63) is 17.7 Å². The van der Waals surface area contributed by atoms with Crippen LogP contribution < -0.4 is 5.32 Å². The third-order valence-electron chi connectivity index (χ3n) is 4.46. The van der Waals surface area contributed by atoms with Crippen molar-refractivity contribution < 1.29 is 4.79 Å². The van der Waals surface area contributed by atoms with E-state index in [1.807, 2.05) is 20.2 Å². The Morgan fingerprint density at radius 2 is 2.00 bits per heavy atom. The number of nitrogens with zero attached hydrogens (tertiary/aromatic N) is 4. The molecule has 0 saturated carbocycles. The van der Waals surface area contributed by atoms with Crippen LogP contribution in [0.2, 0.25) is 0 Å². The second kappa shape index (κ2) is 7.04. The fourth-order valence-corrected chi connectivity index (χ4v) is 2.59. The monoisotopic (exact) mass is 293 g/mol. The van der Waals surface area contributed by atoms with E-state index in [9.17, 15) is 4.79 Å². The Labute approximate surface area is 127 Å². The van der Waals surface area contributed by atoms with Crippen LogP contribution >= 0.6 is 0 Å². The Morgan fingerprint density at radius 3 is 2.57 bits per heavy atom. The highest BCUT2D eigenvalue weighted by Gasteiger charge is 2.23. The number of nitrogens with one attached hydrogen (secondary N) is 1. The number of rotatable bonds is 5. The van der Waals surface area contributed by atoms with Crippen molar-refractivity contribution in [1.82, 2.24) is 24.7 Å². The van der Waals surface area contributed by atoms with Crippen LogP contribution in [0.1, 0.15) is 18.3 Å². The third kappa shape index (κ3) is 4.04. The summed E-state index contributed by atoms with van der Waals surface area (Å²) in [6.45, 7) is 11.5. The summed E-state index contributed by atoms with van der Waals surface area (Å²) in [6.07, 6.45) is 1.83. The summed E-state index contributed by atoms with van der Waals surface area (Å²) in [4.78, 5) is 21.0. The van der Waals surface area contributed by atoms with E-state index in [0.717, 1.165) is 44.1 Å². The topological polar surface area (TPSA) is 53.4 Å². The van der Waals surface area contributed by atoms with Crippen molar-refractivity contribution in [3.63, 3.8) is 0 Å². The molecule has 1 unspecified atom stereocenters.